The molecule has 4 heteroatoms. The SMILES string of the molecule is Cc1ccc2nc(SCCc3ccccc3N)[nH]c2c1. The first-order chi connectivity index (χ1) is 9.72. The van der Waals surface area contributed by atoms with Gasteiger partial charge in [-0.25, -0.2) is 4.98 Å². The van der Waals surface area contributed by atoms with Gasteiger partial charge >= 0.3 is 0 Å². The normalized spacial score (nSPS) is 11.1. The molecule has 3 nitrogen and oxygen atoms in total. The molecule has 3 aromatic rings. The number of fused-ring (bicyclic) bond motifs is 1. The highest BCUT2D eigenvalue weighted by Gasteiger charge is 2.04. The molecule has 0 radical (unpaired) electrons. The average Bonchev–Trinajstić information content (AvgIpc) is 2.83. The Morgan fingerprint density at radius 1 is 1.20 bits per heavy atom. The van der Waals surface area contributed by atoms with E-state index >= 15 is 0 Å². The Kier molecular flexibility index (Phi) is 3.65. The van der Waals surface area contributed by atoms with Crippen LogP contribution in [0.5, 0.6) is 0 Å². The van der Waals surface area contributed by atoms with Gasteiger partial charge in [0.25, 0.3) is 0 Å². The van der Waals surface area contributed by atoms with E-state index in [2.05, 4.69) is 41.2 Å². The molecular weight excluding hydrogens is 266 g/mol. The van der Waals surface area contributed by atoms with Crippen LogP contribution >= 0.6 is 11.8 Å². The fourth-order valence-corrected chi connectivity index (χ4v) is 3.05. The van der Waals surface area contributed by atoms with Crippen molar-refractivity contribution in [1.29, 1.82) is 0 Å². The Hall–Kier alpha value is -1.94. The molecule has 20 heavy (non-hydrogen) atoms. The second kappa shape index (κ2) is 5.59. The van der Waals surface area contributed by atoms with Crippen molar-refractivity contribution in [1.82, 2.24) is 9.97 Å². The molecule has 1 heterocycles. The maximum Gasteiger partial charge on any atom is 0.166 e. The molecule has 0 unspecified atom stereocenters. The van der Waals surface area contributed by atoms with Crippen molar-refractivity contribution in [3.8, 4) is 0 Å². The van der Waals surface area contributed by atoms with Crippen LogP contribution in [0.3, 0.4) is 0 Å². The summed E-state index contributed by atoms with van der Waals surface area (Å²) < 4.78 is 0. The van der Waals surface area contributed by atoms with Gasteiger partial charge in [0, 0.05) is 11.4 Å². The van der Waals surface area contributed by atoms with E-state index in [4.69, 9.17) is 5.73 Å². The number of imidazole rings is 1. The predicted molar refractivity (Wildman–Crippen MR) is 86.1 cm³/mol. The summed E-state index contributed by atoms with van der Waals surface area (Å²) in [5, 5.41) is 0.972. The predicted octanol–water partition coefficient (Wildman–Crippen LogP) is 3.79. The molecule has 0 aliphatic heterocycles. The Bertz CT molecular complexity index is 733. The molecule has 1 aromatic heterocycles. The standard InChI is InChI=1S/C16H17N3S/c1-11-6-7-14-15(10-11)19-16(18-14)20-9-8-12-4-2-3-5-13(12)17/h2-7,10H,8-9,17H2,1H3,(H,18,19). The number of nitrogens with two attached hydrogens (primary N) is 1. The number of aromatic amines is 1. The third-order valence-electron chi connectivity index (χ3n) is 3.28. The molecule has 0 bridgehead atoms. The molecule has 0 fully saturated rings. The molecule has 0 atom stereocenters. The van der Waals surface area contributed by atoms with Gasteiger partial charge in [-0.15, -0.1) is 0 Å². The first kappa shape index (κ1) is 13.1. The van der Waals surface area contributed by atoms with Crippen LogP contribution in [0.1, 0.15) is 11.1 Å². The molecule has 0 aliphatic rings. The average molecular weight is 283 g/mol. The fraction of sp³-hybridized carbons (Fsp3) is 0.188. The number of aromatic nitrogens is 2. The van der Waals surface area contributed by atoms with Gasteiger partial charge in [0.2, 0.25) is 0 Å². The minimum atomic E-state index is 0.869. The van der Waals surface area contributed by atoms with Crippen LogP contribution in [0.15, 0.2) is 47.6 Å². The number of aryl methyl sites for hydroxylation is 2. The Morgan fingerprint density at radius 2 is 2.05 bits per heavy atom. The summed E-state index contributed by atoms with van der Waals surface area (Å²) in [6.07, 6.45) is 0.952. The van der Waals surface area contributed by atoms with Crippen molar-refractivity contribution in [2.24, 2.45) is 0 Å². The topological polar surface area (TPSA) is 54.7 Å². The number of thioether (sulfide) groups is 1. The van der Waals surface area contributed by atoms with Crippen LogP contribution in [0, 0.1) is 6.92 Å². The first-order valence-corrected chi connectivity index (χ1v) is 7.63. The van der Waals surface area contributed by atoms with Gasteiger partial charge in [-0.2, -0.15) is 0 Å². The van der Waals surface area contributed by atoms with Crippen LogP contribution in [0.25, 0.3) is 11.0 Å². The van der Waals surface area contributed by atoms with Gasteiger partial charge in [0.1, 0.15) is 0 Å². The minimum absolute atomic E-state index is 0.869. The lowest BCUT2D eigenvalue weighted by Crippen LogP contribution is -1.95. The summed E-state index contributed by atoms with van der Waals surface area (Å²) in [7, 11) is 0. The van der Waals surface area contributed by atoms with Crippen LogP contribution in [-0.2, 0) is 6.42 Å². The second-order valence-electron chi connectivity index (χ2n) is 4.86. The van der Waals surface area contributed by atoms with Gasteiger partial charge in [-0.05, 0) is 42.7 Å². The third-order valence-corrected chi connectivity index (χ3v) is 4.16. The van der Waals surface area contributed by atoms with E-state index in [1.165, 1.54) is 11.1 Å². The summed E-state index contributed by atoms with van der Waals surface area (Å²) in [6, 6.07) is 14.3. The summed E-state index contributed by atoms with van der Waals surface area (Å²) in [5.41, 5.74) is 11.4. The van der Waals surface area contributed by atoms with E-state index in [9.17, 15) is 0 Å². The number of nitrogen functional groups attached to an aromatic ring is 1. The number of anilines is 1. The molecular formula is C16H17N3S. The molecule has 0 aliphatic carbocycles. The summed E-state index contributed by atoms with van der Waals surface area (Å²) in [4.78, 5) is 7.94. The Labute approximate surface area is 122 Å². The number of hydrogen-bond acceptors (Lipinski definition) is 3. The van der Waals surface area contributed by atoms with Crippen molar-refractivity contribution < 1.29 is 0 Å². The zero-order chi connectivity index (χ0) is 13.9. The number of nitrogens with one attached hydrogen (secondary N) is 1. The smallest absolute Gasteiger partial charge is 0.166 e. The third kappa shape index (κ3) is 2.80. The highest BCUT2D eigenvalue weighted by molar-refractivity contribution is 7.99. The zero-order valence-corrected chi connectivity index (χ0v) is 12.2. The number of benzene rings is 2. The quantitative estimate of drug-likeness (QED) is 0.566. The summed E-state index contributed by atoms with van der Waals surface area (Å²) >= 11 is 1.73. The van der Waals surface area contributed by atoms with Crippen molar-refractivity contribution in [3.63, 3.8) is 0 Å². The Balaban J connectivity index is 1.67. The molecule has 3 rings (SSSR count). The second-order valence-corrected chi connectivity index (χ2v) is 5.94. The fourth-order valence-electron chi connectivity index (χ4n) is 2.19. The molecule has 0 spiro atoms. The van der Waals surface area contributed by atoms with E-state index in [1.54, 1.807) is 11.8 Å². The van der Waals surface area contributed by atoms with E-state index in [1.807, 2.05) is 18.2 Å². The van der Waals surface area contributed by atoms with Gasteiger partial charge in [-0.1, -0.05) is 36.0 Å². The summed E-state index contributed by atoms with van der Waals surface area (Å²) in [6.45, 7) is 2.09. The number of nitrogens with zero attached hydrogens (tertiary/aromatic N) is 1. The highest BCUT2D eigenvalue weighted by atomic mass is 32.2. The lowest BCUT2D eigenvalue weighted by Gasteiger charge is -2.03. The van der Waals surface area contributed by atoms with Crippen molar-refractivity contribution in [2.75, 3.05) is 11.5 Å². The molecule has 0 amide bonds. The lowest BCUT2D eigenvalue weighted by molar-refractivity contribution is 1.07. The van der Waals surface area contributed by atoms with E-state index in [0.29, 0.717) is 0 Å². The maximum absolute atomic E-state index is 5.95. The van der Waals surface area contributed by atoms with Crippen LogP contribution in [-0.4, -0.2) is 15.7 Å². The number of hydrogen-bond donors (Lipinski definition) is 2. The number of para-hydroxylation sites is 1. The van der Waals surface area contributed by atoms with Crippen LogP contribution in [0.4, 0.5) is 5.69 Å². The maximum atomic E-state index is 5.95. The molecule has 0 saturated carbocycles. The summed E-state index contributed by atoms with van der Waals surface area (Å²) in [5.74, 6) is 0.965. The zero-order valence-electron chi connectivity index (χ0n) is 11.4. The van der Waals surface area contributed by atoms with Gasteiger partial charge in [0.15, 0.2) is 5.16 Å². The monoisotopic (exact) mass is 283 g/mol. The number of H-pyrrole nitrogens is 1. The molecule has 3 N–H and O–H groups in total. The van der Waals surface area contributed by atoms with Crippen LogP contribution < -0.4 is 5.73 Å². The minimum Gasteiger partial charge on any atom is -0.399 e. The highest BCUT2D eigenvalue weighted by Crippen LogP contribution is 2.22. The van der Waals surface area contributed by atoms with E-state index < -0.39 is 0 Å². The number of rotatable bonds is 4. The molecule has 0 saturated heterocycles. The van der Waals surface area contributed by atoms with Gasteiger partial charge in [0.05, 0.1) is 11.0 Å². The lowest BCUT2D eigenvalue weighted by atomic mass is 10.1. The van der Waals surface area contributed by atoms with Crippen molar-refractivity contribution in [2.45, 2.75) is 18.5 Å². The molecule has 2 aromatic carbocycles. The van der Waals surface area contributed by atoms with Gasteiger partial charge in [-0.3, -0.25) is 0 Å². The van der Waals surface area contributed by atoms with Gasteiger partial charge < -0.3 is 10.7 Å². The largest absolute Gasteiger partial charge is 0.399 e. The molecule has 102 valence electrons. The van der Waals surface area contributed by atoms with Crippen molar-refractivity contribution >= 4 is 28.5 Å². The first-order valence-electron chi connectivity index (χ1n) is 6.65. The van der Waals surface area contributed by atoms with Crippen LogP contribution in [0.2, 0.25) is 0 Å². The van der Waals surface area contributed by atoms with Crippen molar-refractivity contribution in [3.05, 3.63) is 53.6 Å². The Morgan fingerprint density at radius 3 is 2.90 bits per heavy atom. The van der Waals surface area contributed by atoms with E-state index in [-0.39, 0.29) is 0 Å². The van der Waals surface area contributed by atoms with E-state index in [0.717, 1.165) is 34.1 Å².